The molecule has 0 spiro atoms. The molecule has 0 aliphatic rings. The van der Waals surface area contributed by atoms with E-state index in [0.717, 1.165) is 41.1 Å². The fourth-order valence-electron chi connectivity index (χ4n) is 3.43. The molecule has 0 saturated carbocycles. The summed E-state index contributed by atoms with van der Waals surface area (Å²) in [4.78, 5) is 2.13. The quantitative estimate of drug-likeness (QED) is 0.369. The fourth-order valence-corrected chi connectivity index (χ4v) is 5.57. The van der Waals surface area contributed by atoms with Gasteiger partial charge in [-0.2, -0.15) is 10.5 Å². The molecular formula is C22H14N2S2. The van der Waals surface area contributed by atoms with Gasteiger partial charge in [-0.25, -0.2) is 0 Å². The zero-order valence-electron chi connectivity index (χ0n) is 14.3. The van der Waals surface area contributed by atoms with Gasteiger partial charge in [-0.05, 0) is 26.0 Å². The molecule has 0 fully saturated rings. The normalized spacial score (nSPS) is 12.0. The molecule has 0 atom stereocenters. The van der Waals surface area contributed by atoms with E-state index in [0.29, 0.717) is 11.1 Å². The standard InChI is InChI=1S/C22H14N2S2/c1-13-21(15-7-3-5-9-19(15)25-13)17(11-23)18(12-24)22-14(2)26-20-10-6-4-8-16(20)22/h3-10H,1-2H3/b18-17+. The molecule has 0 bridgehead atoms. The van der Waals surface area contributed by atoms with Crippen LogP contribution in [0.2, 0.25) is 0 Å². The summed E-state index contributed by atoms with van der Waals surface area (Å²) in [7, 11) is 0. The van der Waals surface area contributed by atoms with Gasteiger partial charge in [0.1, 0.15) is 12.1 Å². The van der Waals surface area contributed by atoms with Crippen molar-refractivity contribution in [2.24, 2.45) is 0 Å². The Morgan fingerprint density at radius 3 is 1.46 bits per heavy atom. The van der Waals surface area contributed by atoms with Crippen molar-refractivity contribution in [3.8, 4) is 12.1 Å². The number of benzene rings is 2. The topological polar surface area (TPSA) is 47.6 Å². The van der Waals surface area contributed by atoms with Crippen LogP contribution in [-0.2, 0) is 0 Å². The Morgan fingerprint density at radius 2 is 1.08 bits per heavy atom. The van der Waals surface area contributed by atoms with Gasteiger partial charge in [0.15, 0.2) is 0 Å². The van der Waals surface area contributed by atoms with Gasteiger partial charge < -0.3 is 0 Å². The summed E-state index contributed by atoms with van der Waals surface area (Å²) in [6, 6.07) is 20.8. The highest BCUT2D eigenvalue weighted by atomic mass is 32.1. The number of hydrogen-bond acceptors (Lipinski definition) is 4. The summed E-state index contributed by atoms with van der Waals surface area (Å²) < 4.78 is 2.27. The first-order valence-electron chi connectivity index (χ1n) is 8.17. The Labute approximate surface area is 159 Å². The molecule has 26 heavy (non-hydrogen) atoms. The molecular weight excluding hydrogens is 356 g/mol. The van der Waals surface area contributed by atoms with Crippen LogP contribution in [0.15, 0.2) is 48.5 Å². The SMILES string of the molecule is Cc1sc2ccccc2c1/C(C#N)=C(\C#N)c1c(C)sc2ccccc12. The first-order chi connectivity index (χ1) is 12.7. The average molecular weight is 371 g/mol. The van der Waals surface area contributed by atoms with Crippen molar-refractivity contribution >= 4 is 54.0 Å². The van der Waals surface area contributed by atoms with E-state index >= 15 is 0 Å². The first-order valence-corrected chi connectivity index (χ1v) is 9.80. The highest BCUT2D eigenvalue weighted by molar-refractivity contribution is 7.19. The van der Waals surface area contributed by atoms with Gasteiger partial charge in [0, 0.05) is 41.1 Å². The minimum atomic E-state index is 0.467. The number of nitrogens with zero attached hydrogens (tertiary/aromatic N) is 2. The summed E-state index contributed by atoms with van der Waals surface area (Å²) in [5, 5.41) is 22.1. The molecule has 2 heterocycles. The number of thiophene rings is 2. The van der Waals surface area contributed by atoms with Crippen LogP contribution >= 0.6 is 22.7 Å². The van der Waals surface area contributed by atoms with Gasteiger partial charge in [0.05, 0.1) is 11.1 Å². The van der Waals surface area contributed by atoms with Crippen LogP contribution in [0.25, 0.3) is 31.3 Å². The van der Waals surface area contributed by atoms with Crippen molar-refractivity contribution in [1.82, 2.24) is 0 Å². The number of aryl methyl sites for hydroxylation is 2. The van der Waals surface area contributed by atoms with Crippen LogP contribution < -0.4 is 0 Å². The van der Waals surface area contributed by atoms with Crippen molar-refractivity contribution in [3.05, 3.63) is 69.4 Å². The number of nitriles is 2. The molecule has 4 rings (SSSR count). The van der Waals surface area contributed by atoms with Crippen LogP contribution in [0.5, 0.6) is 0 Å². The molecule has 4 aromatic rings. The molecule has 4 heteroatoms. The van der Waals surface area contributed by atoms with Crippen molar-refractivity contribution in [2.45, 2.75) is 13.8 Å². The first kappa shape index (κ1) is 16.5. The van der Waals surface area contributed by atoms with Crippen molar-refractivity contribution < 1.29 is 0 Å². The second-order valence-corrected chi connectivity index (χ2v) is 8.55. The van der Waals surface area contributed by atoms with Crippen LogP contribution in [0.3, 0.4) is 0 Å². The maximum absolute atomic E-state index is 9.99. The molecule has 2 aromatic carbocycles. The predicted octanol–water partition coefficient (Wildman–Crippen LogP) is 6.69. The lowest BCUT2D eigenvalue weighted by atomic mass is 9.93. The van der Waals surface area contributed by atoms with Gasteiger partial charge in [0.25, 0.3) is 0 Å². The van der Waals surface area contributed by atoms with Crippen molar-refractivity contribution in [2.75, 3.05) is 0 Å². The maximum atomic E-state index is 9.99. The van der Waals surface area contributed by atoms with Gasteiger partial charge in [-0.1, -0.05) is 36.4 Å². The van der Waals surface area contributed by atoms with Crippen molar-refractivity contribution in [3.63, 3.8) is 0 Å². The molecule has 0 amide bonds. The van der Waals surface area contributed by atoms with E-state index in [2.05, 4.69) is 24.3 Å². The van der Waals surface area contributed by atoms with Gasteiger partial charge in [-0.15, -0.1) is 22.7 Å². The molecule has 0 radical (unpaired) electrons. The van der Waals surface area contributed by atoms with Crippen LogP contribution in [0.4, 0.5) is 0 Å². The monoisotopic (exact) mass is 370 g/mol. The van der Waals surface area contributed by atoms with E-state index in [1.807, 2.05) is 50.2 Å². The van der Waals surface area contributed by atoms with E-state index in [1.165, 1.54) is 0 Å². The number of hydrogen-bond donors (Lipinski definition) is 0. The number of allylic oxidation sites excluding steroid dienone is 2. The highest BCUT2D eigenvalue weighted by Gasteiger charge is 2.21. The van der Waals surface area contributed by atoms with Gasteiger partial charge in [0.2, 0.25) is 0 Å². The Bertz CT molecular complexity index is 1170. The maximum Gasteiger partial charge on any atom is 0.101 e. The van der Waals surface area contributed by atoms with Gasteiger partial charge in [-0.3, -0.25) is 0 Å². The number of fused-ring (bicyclic) bond motifs is 2. The fraction of sp³-hybridized carbons (Fsp3) is 0.0909. The second-order valence-electron chi connectivity index (χ2n) is 6.03. The Hall–Kier alpha value is -2.92. The molecule has 0 saturated heterocycles. The van der Waals surface area contributed by atoms with E-state index < -0.39 is 0 Å². The summed E-state index contributed by atoms with van der Waals surface area (Å²) in [5.74, 6) is 0. The van der Waals surface area contributed by atoms with Crippen LogP contribution in [-0.4, -0.2) is 0 Å². The minimum absolute atomic E-state index is 0.467. The van der Waals surface area contributed by atoms with Crippen LogP contribution in [0, 0.1) is 36.5 Å². The summed E-state index contributed by atoms with van der Waals surface area (Å²) >= 11 is 3.33. The van der Waals surface area contributed by atoms with Crippen LogP contribution in [0.1, 0.15) is 20.9 Å². The molecule has 0 unspecified atom stereocenters. The molecule has 124 valence electrons. The molecule has 0 aliphatic carbocycles. The third kappa shape index (κ3) is 2.44. The predicted molar refractivity (Wildman–Crippen MR) is 111 cm³/mol. The lowest BCUT2D eigenvalue weighted by molar-refractivity contribution is 1.49. The third-order valence-electron chi connectivity index (χ3n) is 4.52. The third-order valence-corrected chi connectivity index (χ3v) is 6.69. The summed E-state index contributed by atoms with van der Waals surface area (Å²) in [6.45, 7) is 4.04. The van der Waals surface area contributed by atoms with Gasteiger partial charge >= 0.3 is 0 Å². The minimum Gasteiger partial charge on any atom is -0.192 e. The second kappa shape index (κ2) is 6.42. The molecule has 0 N–H and O–H groups in total. The van der Waals surface area contributed by atoms with E-state index in [9.17, 15) is 10.5 Å². The summed E-state index contributed by atoms with van der Waals surface area (Å²) in [6.07, 6.45) is 0. The Kier molecular flexibility index (Phi) is 4.09. The molecule has 0 aliphatic heterocycles. The van der Waals surface area contributed by atoms with E-state index in [1.54, 1.807) is 22.7 Å². The largest absolute Gasteiger partial charge is 0.192 e. The Morgan fingerprint density at radius 1 is 0.692 bits per heavy atom. The lowest BCUT2D eigenvalue weighted by Gasteiger charge is -2.06. The Balaban J connectivity index is 2.11. The number of rotatable bonds is 2. The lowest BCUT2D eigenvalue weighted by Crippen LogP contribution is -1.91. The zero-order chi connectivity index (χ0) is 18.3. The highest BCUT2D eigenvalue weighted by Crippen LogP contribution is 2.42. The van der Waals surface area contributed by atoms with E-state index in [-0.39, 0.29) is 0 Å². The van der Waals surface area contributed by atoms with E-state index in [4.69, 9.17) is 0 Å². The summed E-state index contributed by atoms with van der Waals surface area (Å²) in [5.41, 5.74) is 2.71. The van der Waals surface area contributed by atoms with Crippen molar-refractivity contribution in [1.29, 1.82) is 10.5 Å². The zero-order valence-corrected chi connectivity index (χ0v) is 16.0. The molecule has 2 aromatic heterocycles. The average Bonchev–Trinajstić information content (AvgIpc) is 3.15. The molecule has 2 nitrogen and oxygen atoms in total. The smallest absolute Gasteiger partial charge is 0.101 e.